The Hall–Kier alpha value is -2.08. The summed E-state index contributed by atoms with van der Waals surface area (Å²) >= 11 is 0. The highest BCUT2D eigenvalue weighted by atomic mass is 16.5. The molecular formula is C19H29N3O3. The summed E-state index contributed by atoms with van der Waals surface area (Å²) in [6, 6.07) is 7.60. The minimum atomic E-state index is -0.147. The molecule has 0 saturated heterocycles. The van der Waals surface area contributed by atoms with Gasteiger partial charge in [0.1, 0.15) is 5.75 Å². The molecule has 138 valence electrons. The molecule has 0 unspecified atom stereocenters. The fourth-order valence-electron chi connectivity index (χ4n) is 3.22. The normalized spacial score (nSPS) is 14.5. The minimum Gasteiger partial charge on any atom is -0.495 e. The summed E-state index contributed by atoms with van der Waals surface area (Å²) in [5, 5.41) is 5.94. The summed E-state index contributed by atoms with van der Waals surface area (Å²) in [4.78, 5) is 26.5. The average Bonchev–Trinajstić information content (AvgIpc) is 3.08. The first-order valence-electron chi connectivity index (χ1n) is 9.07. The molecule has 1 aromatic carbocycles. The number of hydrogen-bond acceptors (Lipinski definition) is 4. The highest BCUT2D eigenvalue weighted by Crippen LogP contribution is 2.22. The molecule has 0 bridgehead atoms. The quantitative estimate of drug-likeness (QED) is 0.720. The van der Waals surface area contributed by atoms with E-state index in [2.05, 4.69) is 10.6 Å². The molecule has 0 aromatic heterocycles. The van der Waals surface area contributed by atoms with E-state index in [9.17, 15) is 9.59 Å². The predicted molar refractivity (Wildman–Crippen MR) is 98.8 cm³/mol. The van der Waals surface area contributed by atoms with Crippen LogP contribution in [0.3, 0.4) is 0 Å². The zero-order valence-corrected chi connectivity index (χ0v) is 15.2. The molecule has 6 nitrogen and oxygen atoms in total. The minimum absolute atomic E-state index is 0.00504. The van der Waals surface area contributed by atoms with Gasteiger partial charge in [-0.25, -0.2) is 0 Å². The summed E-state index contributed by atoms with van der Waals surface area (Å²) in [7, 11) is 1.57. The molecular weight excluding hydrogens is 318 g/mol. The molecule has 6 heteroatoms. The zero-order chi connectivity index (χ0) is 18.1. The molecule has 25 heavy (non-hydrogen) atoms. The SMILES string of the molecule is CCCN(CC(=O)Nc1ccccc1OC)CC(=O)NC1CCCC1. The summed E-state index contributed by atoms with van der Waals surface area (Å²) in [5.74, 6) is 0.480. The fraction of sp³-hybridized carbons (Fsp3) is 0.579. The van der Waals surface area contributed by atoms with Crippen molar-refractivity contribution in [2.75, 3.05) is 32.1 Å². The van der Waals surface area contributed by atoms with Gasteiger partial charge in [0, 0.05) is 6.04 Å². The largest absolute Gasteiger partial charge is 0.495 e. The van der Waals surface area contributed by atoms with Crippen LogP contribution in [0.4, 0.5) is 5.69 Å². The van der Waals surface area contributed by atoms with E-state index in [1.807, 2.05) is 24.0 Å². The van der Waals surface area contributed by atoms with Crippen LogP contribution in [0.5, 0.6) is 5.75 Å². The molecule has 0 radical (unpaired) electrons. The lowest BCUT2D eigenvalue weighted by molar-refractivity contribution is -0.124. The standard InChI is InChI=1S/C19H29N3O3/c1-3-12-22(13-18(23)20-15-8-4-5-9-15)14-19(24)21-16-10-6-7-11-17(16)25-2/h6-7,10-11,15H,3-5,8-9,12-14H2,1-2H3,(H,20,23)(H,21,24). The summed E-state index contributed by atoms with van der Waals surface area (Å²) in [6.07, 6.45) is 5.39. The van der Waals surface area contributed by atoms with Crippen LogP contribution in [0.15, 0.2) is 24.3 Å². The number of para-hydroxylation sites is 2. The van der Waals surface area contributed by atoms with Gasteiger partial charge in [-0.2, -0.15) is 0 Å². The van der Waals surface area contributed by atoms with Crippen molar-refractivity contribution in [2.24, 2.45) is 0 Å². The van der Waals surface area contributed by atoms with Gasteiger partial charge in [-0.15, -0.1) is 0 Å². The molecule has 1 fully saturated rings. The van der Waals surface area contributed by atoms with Crippen molar-refractivity contribution >= 4 is 17.5 Å². The molecule has 2 N–H and O–H groups in total. The Morgan fingerprint density at radius 3 is 2.52 bits per heavy atom. The van der Waals surface area contributed by atoms with Crippen LogP contribution >= 0.6 is 0 Å². The topological polar surface area (TPSA) is 70.7 Å². The summed E-state index contributed by atoms with van der Waals surface area (Å²) in [6.45, 7) is 3.19. The third kappa shape index (κ3) is 6.38. The first-order chi connectivity index (χ1) is 12.1. The van der Waals surface area contributed by atoms with Gasteiger partial charge in [0.05, 0.1) is 25.9 Å². The second kappa shape index (κ2) is 10.0. The number of benzene rings is 1. The fourth-order valence-corrected chi connectivity index (χ4v) is 3.22. The Morgan fingerprint density at radius 1 is 1.16 bits per heavy atom. The maximum atomic E-state index is 12.4. The van der Waals surface area contributed by atoms with Gasteiger partial charge in [0.2, 0.25) is 11.8 Å². The van der Waals surface area contributed by atoms with Crippen molar-refractivity contribution in [1.29, 1.82) is 0 Å². The second-order valence-electron chi connectivity index (χ2n) is 6.51. The van der Waals surface area contributed by atoms with Crippen LogP contribution in [0, 0.1) is 0 Å². The van der Waals surface area contributed by atoms with Crippen molar-refractivity contribution < 1.29 is 14.3 Å². The lowest BCUT2D eigenvalue weighted by Gasteiger charge is -2.22. The predicted octanol–water partition coefficient (Wildman–Crippen LogP) is 2.40. The second-order valence-corrected chi connectivity index (χ2v) is 6.51. The molecule has 1 aliphatic rings. The lowest BCUT2D eigenvalue weighted by atomic mass is 10.2. The molecule has 0 heterocycles. The van der Waals surface area contributed by atoms with Crippen LogP contribution in [-0.4, -0.2) is 49.5 Å². The smallest absolute Gasteiger partial charge is 0.238 e. The Morgan fingerprint density at radius 2 is 1.84 bits per heavy atom. The summed E-state index contributed by atoms with van der Waals surface area (Å²) < 4.78 is 5.25. The molecule has 2 amide bonds. The van der Waals surface area contributed by atoms with Crippen LogP contribution in [-0.2, 0) is 9.59 Å². The van der Waals surface area contributed by atoms with Gasteiger partial charge in [-0.3, -0.25) is 14.5 Å². The van der Waals surface area contributed by atoms with Gasteiger partial charge in [-0.1, -0.05) is 31.9 Å². The first-order valence-corrected chi connectivity index (χ1v) is 9.07. The van der Waals surface area contributed by atoms with Crippen molar-refractivity contribution in [1.82, 2.24) is 10.2 Å². The maximum absolute atomic E-state index is 12.4. The number of rotatable bonds is 9. The third-order valence-electron chi connectivity index (χ3n) is 4.38. The van der Waals surface area contributed by atoms with Crippen LogP contribution in [0.1, 0.15) is 39.0 Å². The van der Waals surface area contributed by atoms with E-state index >= 15 is 0 Å². The van der Waals surface area contributed by atoms with E-state index < -0.39 is 0 Å². The van der Waals surface area contributed by atoms with E-state index in [1.165, 1.54) is 12.8 Å². The maximum Gasteiger partial charge on any atom is 0.238 e. The Bertz CT molecular complexity index is 571. The van der Waals surface area contributed by atoms with Gasteiger partial charge >= 0.3 is 0 Å². The molecule has 1 aromatic rings. The van der Waals surface area contributed by atoms with Crippen LogP contribution in [0.25, 0.3) is 0 Å². The molecule has 1 saturated carbocycles. The molecule has 1 aliphatic carbocycles. The van der Waals surface area contributed by atoms with Crippen molar-refractivity contribution in [3.63, 3.8) is 0 Å². The van der Waals surface area contributed by atoms with E-state index in [0.717, 1.165) is 19.3 Å². The van der Waals surface area contributed by atoms with Crippen molar-refractivity contribution in [2.45, 2.75) is 45.1 Å². The van der Waals surface area contributed by atoms with Crippen LogP contribution in [0.2, 0.25) is 0 Å². The average molecular weight is 347 g/mol. The van der Waals surface area contributed by atoms with Gasteiger partial charge < -0.3 is 15.4 Å². The van der Waals surface area contributed by atoms with E-state index in [1.54, 1.807) is 19.2 Å². The number of methoxy groups -OCH3 is 1. The molecule has 0 atom stereocenters. The summed E-state index contributed by atoms with van der Waals surface area (Å²) in [5.41, 5.74) is 0.641. The number of hydrogen-bond donors (Lipinski definition) is 2. The van der Waals surface area contributed by atoms with Crippen molar-refractivity contribution in [3.05, 3.63) is 24.3 Å². The third-order valence-corrected chi connectivity index (χ3v) is 4.38. The van der Waals surface area contributed by atoms with E-state index in [0.29, 0.717) is 24.0 Å². The highest BCUT2D eigenvalue weighted by molar-refractivity contribution is 5.94. The number of carbonyl (C=O) groups is 2. The number of carbonyl (C=O) groups excluding carboxylic acids is 2. The monoisotopic (exact) mass is 347 g/mol. The van der Waals surface area contributed by atoms with Gasteiger partial charge in [0.15, 0.2) is 0 Å². The van der Waals surface area contributed by atoms with Crippen LogP contribution < -0.4 is 15.4 Å². The number of anilines is 1. The Balaban J connectivity index is 1.86. The highest BCUT2D eigenvalue weighted by Gasteiger charge is 2.20. The molecule has 2 rings (SSSR count). The number of amides is 2. The van der Waals surface area contributed by atoms with E-state index in [-0.39, 0.29) is 24.9 Å². The first kappa shape index (κ1) is 19.2. The molecule has 0 aliphatic heterocycles. The van der Waals surface area contributed by atoms with Gasteiger partial charge in [-0.05, 0) is 37.9 Å². The molecule has 0 spiro atoms. The Kier molecular flexibility index (Phi) is 7.73. The zero-order valence-electron chi connectivity index (χ0n) is 15.2. The van der Waals surface area contributed by atoms with E-state index in [4.69, 9.17) is 4.74 Å². The lowest BCUT2D eigenvalue weighted by Crippen LogP contribution is -2.44. The number of nitrogens with zero attached hydrogens (tertiary/aromatic N) is 1. The number of nitrogens with one attached hydrogen (secondary N) is 2. The Labute approximate surface area is 149 Å². The van der Waals surface area contributed by atoms with Gasteiger partial charge in [0.25, 0.3) is 0 Å². The number of ether oxygens (including phenoxy) is 1. The van der Waals surface area contributed by atoms with Crippen molar-refractivity contribution in [3.8, 4) is 5.75 Å².